The van der Waals surface area contributed by atoms with Gasteiger partial charge in [0.1, 0.15) is 0 Å². The van der Waals surface area contributed by atoms with E-state index in [2.05, 4.69) is 9.88 Å². The molecule has 0 unspecified atom stereocenters. The second kappa shape index (κ2) is 7.67. The first-order valence-electron chi connectivity index (χ1n) is 7.83. The van der Waals surface area contributed by atoms with Crippen LogP contribution in [0.2, 0.25) is 5.02 Å². The molecule has 3 rings (SSSR count). The van der Waals surface area contributed by atoms with Crippen LogP contribution in [0.1, 0.15) is 11.1 Å². The summed E-state index contributed by atoms with van der Waals surface area (Å²) in [5.74, 6) is -0.229. The summed E-state index contributed by atoms with van der Waals surface area (Å²) in [6, 6.07) is 3.57. The fourth-order valence-corrected chi connectivity index (χ4v) is 3.55. The summed E-state index contributed by atoms with van der Waals surface area (Å²) in [6.07, 6.45) is -0.123. The van der Waals surface area contributed by atoms with Gasteiger partial charge in [0.25, 0.3) is 0 Å². The van der Waals surface area contributed by atoms with Crippen molar-refractivity contribution in [1.82, 2.24) is 9.88 Å². The lowest BCUT2D eigenvalue weighted by Gasteiger charge is -2.34. The number of aromatic nitrogens is 1. The van der Waals surface area contributed by atoms with Crippen LogP contribution in [0.25, 0.3) is 6.08 Å². The third-order valence-electron chi connectivity index (χ3n) is 4.00. The Balaban J connectivity index is 1.62. The van der Waals surface area contributed by atoms with Gasteiger partial charge in [-0.15, -0.1) is 11.3 Å². The molecular weight excluding hydrogens is 387 g/mol. The molecule has 1 saturated heterocycles. The third kappa shape index (κ3) is 4.37. The van der Waals surface area contributed by atoms with Crippen LogP contribution in [0.5, 0.6) is 0 Å². The first-order valence-corrected chi connectivity index (χ1v) is 9.08. The molecular formula is C17H15ClF3N3OS. The lowest BCUT2D eigenvalue weighted by atomic mass is 10.1. The molecule has 0 radical (unpaired) electrons. The third-order valence-corrected chi connectivity index (χ3v) is 5.16. The normalized spacial score (nSPS) is 15.7. The molecule has 0 atom stereocenters. The Morgan fingerprint density at radius 1 is 1.23 bits per heavy atom. The van der Waals surface area contributed by atoms with E-state index < -0.39 is 11.7 Å². The van der Waals surface area contributed by atoms with Crippen LogP contribution in [-0.4, -0.2) is 42.0 Å². The number of halogens is 4. The van der Waals surface area contributed by atoms with Gasteiger partial charge in [0.15, 0.2) is 5.13 Å². The van der Waals surface area contributed by atoms with E-state index in [9.17, 15) is 18.0 Å². The summed E-state index contributed by atoms with van der Waals surface area (Å²) >= 11 is 7.14. The van der Waals surface area contributed by atoms with Crippen LogP contribution >= 0.6 is 22.9 Å². The van der Waals surface area contributed by atoms with E-state index in [0.29, 0.717) is 26.2 Å². The number of anilines is 1. The largest absolute Gasteiger partial charge is 0.417 e. The van der Waals surface area contributed by atoms with E-state index in [-0.39, 0.29) is 16.5 Å². The molecule has 26 heavy (non-hydrogen) atoms. The Kier molecular flexibility index (Phi) is 5.52. The second-order valence-electron chi connectivity index (χ2n) is 5.70. The van der Waals surface area contributed by atoms with Crippen molar-refractivity contribution in [2.75, 3.05) is 31.1 Å². The molecule has 1 aromatic carbocycles. The fraction of sp³-hybridized carbons (Fsp3) is 0.294. The number of amides is 1. The minimum absolute atomic E-state index is 0.229. The molecule has 9 heteroatoms. The summed E-state index contributed by atoms with van der Waals surface area (Å²) in [7, 11) is 0. The Morgan fingerprint density at radius 3 is 2.58 bits per heavy atom. The first-order chi connectivity index (χ1) is 12.3. The minimum Gasteiger partial charge on any atom is -0.345 e. The molecule has 2 heterocycles. The highest BCUT2D eigenvalue weighted by Gasteiger charge is 2.33. The summed E-state index contributed by atoms with van der Waals surface area (Å²) in [4.78, 5) is 20.3. The molecule has 1 amide bonds. The lowest BCUT2D eigenvalue weighted by molar-refractivity contribution is -0.137. The van der Waals surface area contributed by atoms with Crippen LogP contribution < -0.4 is 4.90 Å². The van der Waals surface area contributed by atoms with Crippen molar-refractivity contribution >= 4 is 40.1 Å². The lowest BCUT2D eigenvalue weighted by Crippen LogP contribution is -2.48. The van der Waals surface area contributed by atoms with Crippen molar-refractivity contribution in [3.63, 3.8) is 0 Å². The number of benzene rings is 1. The molecule has 1 aromatic heterocycles. The topological polar surface area (TPSA) is 36.4 Å². The van der Waals surface area contributed by atoms with Crippen LogP contribution in [0.15, 0.2) is 35.9 Å². The summed E-state index contributed by atoms with van der Waals surface area (Å²) in [5, 5.41) is 2.46. The van der Waals surface area contributed by atoms with Gasteiger partial charge in [-0.05, 0) is 23.8 Å². The highest BCUT2D eigenvalue weighted by atomic mass is 35.5. The zero-order chi connectivity index (χ0) is 18.7. The maximum atomic E-state index is 12.9. The van der Waals surface area contributed by atoms with E-state index in [0.717, 1.165) is 11.2 Å². The molecule has 1 aliphatic heterocycles. The number of piperazine rings is 1. The Hall–Kier alpha value is -2.06. The first kappa shape index (κ1) is 18.7. The van der Waals surface area contributed by atoms with E-state index in [1.807, 2.05) is 5.38 Å². The van der Waals surface area contributed by atoms with Crippen LogP contribution in [0.4, 0.5) is 18.3 Å². The Labute approximate surface area is 157 Å². The van der Waals surface area contributed by atoms with E-state index >= 15 is 0 Å². The van der Waals surface area contributed by atoms with E-state index in [4.69, 9.17) is 11.6 Å². The molecule has 0 aliphatic carbocycles. The summed E-state index contributed by atoms with van der Waals surface area (Å²) in [6.45, 7) is 2.42. The molecule has 138 valence electrons. The van der Waals surface area contributed by atoms with Crippen molar-refractivity contribution in [2.45, 2.75) is 6.18 Å². The molecule has 0 saturated carbocycles. The number of thiazole rings is 1. The highest BCUT2D eigenvalue weighted by Crippen LogP contribution is 2.35. The number of hydrogen-bond donors (Lipinski definition) is 0. The second-order valence-corrected chi connectivity index (χ2v) is 6.98. The van der Waals surface area contributed by atoms with Gasteiger partial charge in [-0.2, -0.15) is 13.2 Å². The number of carbonyl (C=O) groups is 1. The molecule has 0 bridgehead atoms. The summed E-state index contributed by atoms with van der Waals surface area (Å²) in [5.41, 5.74) is -0.637. The number of rotatable bonds is 3. The molecule has 0 N–H and O–H groups in total. The van der Waals surface area contributed by atoms with Gasteiger partial charge in [0.2, 0.25) is 5.91 Å². The predicted octanol–water partition coefficient (Wildman–Crippen LogP) is 4.18. The molecule has 1 fully saturated rings. The van der Waals surface area contributed by atoms with Crippen molar-refractivity contribution in [2.24, 2.45) is 0 Å². The van der Waals surface area contributed by atoms with Gasteiger partial charge in [-0.3, -0.25) is 4.79 Å². The van der Waals surface area contributed by atoms with Gasteiger partial charge >= 0.3 is 6.18 Å². The zero-order valence-electron chi connectivity index (χ0n) is 13.5. The average molecular weight is 402 g/mol. The van der Waals surface area contributed by atoms with Crippen LogP contribution in [0.3, 0.4) is 0 Å². The smallest absolute Gasteiger partial charge is 0.345 e. The van der Waals surface area contributed by atoms with Gasteiger partial charge in [0, 0.05) is 43.8 Å². The summed E-state index contributed by atoms with van der Waals surface area (Å²) < 4.78 is 38.6. The molecule has 1 aliphatic rings. The van der Waals surface area contributed by atoms with Gasteiger partial charge < -0.3 is 9.80 Å². The van der Waals surface area contributed by atoms with E-state index in [1.54, 1.807) is 22.4 Å². The monoisotopic (exact) mass is 401 g/mol. The van der Waals surface area contributed by atoms with Crippen molar-refractivity contribution in [1.29, 1.82) is 0 Å². The Morgan fingerprint density at radius 2 is 1.96 bits per heavy atom. The van der Waals surface area contributed by atoms with Crippen molar-refractivity contribution in [3.05, 3.63) is 52.0 Å². The fourth-order valence-electron chi connectivity index (χ4n) is 2.63. The quantitative estimate of drug-likeness (QED) is 0.724. The van der Waals surface area contributed by atoms with Crippen LogP contribution in [0, 0.1) is 0 Å². The number of nitrogens with zero attached hydrogens (tertiary/aromatic N) is 3. The highest BCUT2D eigenvalue weighted by molar-refractivity contribution is 7.13. The van der Waals surface area contributed by atoms with E-state index in [1.165, 1.54) is 24.3 Å². The van der Waals surface area contributed by atoms with Crippen molar-refractivity contribution in [3.8, 4) is 0 Å². The predicted molar refractivity (Wildman–Crippen MR) is 96.4 cm³/mol. The number of alkyl halides is 3. The zero-order valence-corrected chi connectivity index (χ0v) is 15.1. The Bertz CT molecular complexity index is 800. The van der Waals surface area contributed by atoms with Gasteiger partial charge in [-0.25, -0.2) is 4.98 Å². The van der Waals surface area contributed by atoms with Gasteiger partial charge in [0.05, 0.1) is 10.6 Å². The molecule has 2 aromatic rings. The maximum absolute atomic E-state index is 12.9. The van der Waals surface area contributed by atoms with Crippen molar-refractivity contribution < 1.29 is 18.0 Å². The maximum Gasteiger partial charge on any atom is 0.417 e. The minimum atomic E-state index is -4.53. The van der Waals surface area contributed by atoms with Crippen LogP contribution in [-0.2, 0) is 11.0 Å². The van der Waals surface area contributed by atoms with Gasteiger partial charge in [-0.1, -0.05) is 17.7 Å². The number of hydrogen-bond acceptors (Lipinski definition) is 4. The number of carbonyl (C=O) groups excluding carboxylic acids is 1. The SMILES string of the molecule is O=C(/C=C/c1ccc(Cl)c(C(F)(F)F)c1)N1CCN(c2nccs2)CC1. The standard InChI is InChI=1S/C17H15ClF3N3OS/c18-14-3-1-12(11-13(14)17(19,20)21)2-4-15(25)23-6-8-24(9-7-23)16-22-5-10-26-16/h1-5,10-11H,6-9H2/b4-2+. The average Bonchev–Trinajstić information content (AvgIpc) is 3.14. The molecule has 0 spiro atoms. The molecule has 4 nitrogen and oxygen atoms in total.